The summed E-state index contributed by atoms with van der Waals surface area (Å²) >= 11 is 0. The monoisotopic (exact) mass is 102 g/mol. The minimum Gasteiger partial charge on any atom is -0.278 e. The first kappa shape index (κ1) is 6.10. The maximum absolute atomic E-state index is 9.79. The molecule has 0 fully saturated rings. The second-order valence-corrected chi connectivity index (χ2v) is 0.922. The van der Waals surface area contributed by atoms with Crippen LogP contribution in [0.3, 0.4) is 0 Å². The van der Waals surface area contributed by atoms with Gasteiger partial charge in [0.25, 0.3) is 5.91 Å². The fourth-order valence-electron chi connectivity index (χ4n) is 0.0643. The quantitative estimate of drug-likeness (QED) is 0.270. The number of hydrogen-bond donors (Lipinski definition) is 1. The Kier molecular flexibility index (Phi) is 2.01. The van der Waals surface area contributed by atoms with Crippen molar-refractivity contribution >= 4 is 12.3 Å². The topological polar surface area (TPSA) is 57.6 Å². The molecule has 0 aliphatic rings. The van der Waals surface area contributed by atoms with Gasteiger partial charge in [0, 0.05) is 6.92 Å². The molecule has 39 valence electrons. The standard InChI is InChI=1S/C3H4NO3/c1-3(6)4(7)2-5/h7H,1H3. The molecule has 0 aliphatic heterocycles. The summed E-state index contributed by atoms with van der Waals surface area (Å²) in [6.45, 7) is 1.05. The van der Waals surface area contributed by atoms with Crippen molar-refractivity contribution in [1.29, 1.82) is 0 Å². The highest BCUT2D eigenvalue weighted by molar-refractivity contribution is 5.82. The Labute approximate surface area is 40.3 Å². The van der Waals surface area contributed by atoms with Gasteiger partial charge in [-0.3, -0.25) is 14.8 Å². The molecule has 0 heterocycles. The molecule has 0 aliphatic carbocycles. The first-order chi connectivity index (χ1) is 3.18. The SMILES string of the molecule is CC(=O)N(O)[C]=O. The van der Waals surface area contributed by atoms with Gasteiger partial charge in [0.1, 0.15) is 0 Å². The molecule has 1 radical (unpaired) electrons. The summed E-state index contributed by atoms with van der Waals surface area (Å²) in [7, 11) is 0. The van der Waals surface area contributed by atoms with Gasteiger partial charge in [-0.1, -0.05) is 0 Å². The van der Waals surface area contributed by atoms with Gasteiger partial charge in [-0.2, -0.15) is 0 Å². The van der Waals surface area contributed by atoms with E-state index in [1.54, 1.807) is 0 Å². The van der Waals surface area contributed by atoms with Crippen LogP contribution in [0.1, 0.15) is 6.92 Å². The lowest BCUT2D eigenvalue weighted by Gasteiger charge is -1.95. The summed E-state index contributed by atoms with van der Waals surface area (Å²) < 4.78 is 0. The number of carbonyl (C=O) groups is 1. The normalized spacial score (nSPS) is 7.71. The molecule has 0 saturated heterocycles. The number of nitrogens with zero attached hydrogens (tertiary/aromatic N) is 1. The Morgan fingerprint density at radius 3 is 2.29 bits per heavy atom. The Balaban J connectivity index is 3.55. The molecule has 0 saturated carbocycles. The van der Waals surface area contributed by atoms with Gasteiger partial charge < -0.3 is 0 Å². The van der Waals surface area contributed by atoms with Crippen molar-refractivity contribution in [2.45, 2.75) is 6.92 Å². The summed E-state index contributed by atoms with van der Waals surface area (Å²) in [6, 6.07) is 0. The highest BCUT2D eigenvalue weighted by Crippen LogP contribution is 1.71. The number of hydroxylamine groups is 2. The van der Waals surface area contributed by atoms with E-state index in [1.807, 2.05) is 0 Å². The van der Waals surface area contributed by atoms with Crippen LogP contribution in [0.2, 0.25) is 0 Å². The van der Waals surface area contributed by atoms with Crippen molar-refractivity contribution in [3.63, 3.8) is 0 Å². The summed E-state index contributed by atoms with van der Waals surface area (Å²) in [6.07, 6.45) is 0.954. The number of rotatable bonds is 1. The van der Waals surface area contributed by atoms with Crippen LogP contribution in [0.5, 0.6) is 0 Å². The van der Waals surface area contributed by atoms with E-state index >= 15 is 0 Å². The van der Waals surface area contributed by atoms with Gasteiger partial charge in [0.05, 0.1) is 0 Å². The third kappa shape index (κ3) is 1.88. The van der Waals surface area contributed by atoms with E-state index < -0.39 is 5.91 Å². The zero-order valence-corrected chi connectivity index (χ0v) is 3.71. The van der Waals surface area contributed by atoms with Gasteiger partial charge in [-0.25, -0.2) is 0 Å². The van der Waals surface area contributed by atoms with Crippen molar-refractivity contribution < 1.29 is 14.8 Å². The highest BCUT2D eigenvalue weighted by atomic mass is 16.5. The second-order valence-electron chi connectivity index (χ2n) is 0.922. The maximum Gasteiger partial charge on any atom is 0.345 e. The molecule has 7 heavy (non-hydrogen) atoms. The van der Waals surface area contributed by atoms with Crippen LogP contribution in [0.4, 0.5) is 0 Å². The molecule has 2 amide bonds. The summed E-state index contributed by atoms with van der Waals surface area (Å²) in [5.74, 6) is -0.741. The predicted octanol–water partition coefficient (Wildman–Crippen LogP) is -0.709. The van der Waals surface area contributed by atoms with Crippen molar-refractivity contribution in [3.8, 4) is 0 Å². The van der Waals surface area contributed by atoms with Crippen LogP contribution in [-0.4, -0.2) is 22.6 Å². The average molecular weight is 102 g/mol. The van der Waals surface area contributed by atoms with Gasteiger partial charge >= 0.3 is 6.41 Å². The number of hydrogen-bond acceptors (Lipinski definition) is 3. The minimum absolute atomic E-state index is 0.153. The molecule has 4 nitrogen and oxygen atoms in total. The number of carbonyl (C=O) groups excluding carboxylic acids is 2. The first-order valence-corrected chi connectivity index (χ1v) is 1.56. The van der Waals surface area contributed by atoms with Crippen LogP contribution < -0.4 is 0 Å². The summed E-state index contributed by atoms with van der Waals surface area (Å²) in [4.78, 5) is 19.1. The molecule has 0 aromatic rings. The van der Waals surface area contributed by atoms with E-state index in [0.29, 0.717) is 0 Å². The van der Waals surface area contributed by atoms with Crippen LogP contribution in [-0.2, 0) is 9.59 Å². The van der Waals surface area contributed by atoms with Crippen LogP contribution in [0.25, 0.3) is 0 Å². The van der Waals surface area contributed by atoms with Crippen molar-refractivity contribution in [3.05, 3.63) is 0 Å². The Morgan fingerprint density at radius 2 is 2.29 bits per heavy atom. The smallest absolute Gasteiger partial charge is 0.278 e. The summed E-state index contributed by atoms with van der Waals surface area (Å²) in [5.41, 5.74) is 0. The lowest BCUT2D eigenvalue weighted by Crippen LogP contribution is -2.21. The fourth-order valence-corrected chi connectivity index (χ4v) is 0.0643. The minimum atomic E-state index is -0.741. The third-order valence-corrected chi connectivity index (χ3v) is 0.385. The van der Waals surface area contributed by atoms with E-state index in [-0.39, 0.29) is 5.06 Å². The molecule has 0 atom stereocenters. The van der Waals surface area contributed by atoms with E-state index in [0.717, 1.165) is 13.3 Å². The van der Waals surface area contributed by atoms with E-state index in [4.69, 9.17) is 5.21 Å². The van der Waals surface area contributed by atoms with Gasteiger partial charge in [-0.05, 0) is 0 Å². The average Bonchev–Trinajstić information content (AvgIpc) is 1.65. The van der Waals surface area contributed by atoms with E-state index in [1.165, 1.54) is 0 Å². The molecule has 0 spiro atoms. The maximum atomic E-state index is 9.79. The third-order valence-electron chi connectivity index (χ3n) is 0.385. The molecule has 0 rings (SSSR count). The molecule has 0 unspecified atom stereocenters. The van der Waals surface area contributed by atoms with Crippen molar-refractivity contribution in [2.75, 3.05) is 0 Å². The molecule has 0 aromatic carbocycles. The molecule has 4 heteroatoms. The largest absolute Gasteiger partial charge is 0.345 e. The van der Waals surface area contributed by atoms with Gasteiger partial charge in [-0.15, -0.1) is 5.06 Å². The van der Waals surface area contributed by atoms with Crippen LogP contribution in [0.15, 0.2) is 0 Å². The zero-order valence-electron chi connectivity index (χ0n) is 3.71. The van der Waals surface area contributed by atoms with Crippen molar-refractivity contribution in [2.24, 2.45) is 0 Å². The fraction of sp³-hybridized carbons (Fsp3) is 0.333. The first-order valence-electron chi connectivity index (χ1n) is 1.56. The van der Waals surface area contributed by atoms with E-state index in [2.05, 4.69) is 0 Å². The number of amides is 2. The summed E-state index contributed by atoms with van der Waals surface area (Å²) in [5, 5.41) is 7.84. The Morgan fingerprint density at radius 1 is 1.86 bits per heavy atom. The molecular formula is C3H4NO3. The zero-order chi connectivity index (χ0) is 5.86. The highest BCUT2D eigenvalue weighted by Gasteiger charge is 1.99. The Bertz CT molecular complexity index is 90.2. The lowest BCUT2D eigenvalue weighted by molar-refractivity contribution is -0.146. The van der Waals surface area contributed by atoms with Crippen LogP contribution in [0, 0.1) is 0 Å². The molecular weight excluding hydrogens is 98.0 g/mol. The molecule has 0 aromatic heterocycles. The predicted molar refractivity (Wildman–Crippen MR) is 20.0 cm³/mol. The lowest BCUT2D eigenvalue weighted by atomic mass is 10.7. The molecule has 0 bridgehead atoms. The molecule has 1 N–H and O–H groups in total. The number of imide groups is 1. The van der Waals surface area contributed by atoms with Crippen LogP contribution >= 0.6 is 0 Å². The van der Waals surface area contributed by atoms with Gasteiger partial charge in [0.2, 0.25) is 0 Å². The van der Waals surface area contributed by atoms with E-state index in [9.17, 15) is 9.59 Å². The Hall–Kier alpha value is -0.900. The second kappa shape index (κ2) is 2.30. The van der Waals surface area contributed by atoms with Crippen molar-refractivity contribution in [1.82, 2.24) is 5.06 Å². The van der Waals surface area contributed by atoms with Gasteiger partial charge in [0.15, 0.2) is 0 Å².